The molecule has 1 heterocycles. The smallest absolute Gasteiger partial charge is 0.255 e. The molecule has 2 amide bonds. The minimum Gasteiger partial charge on any atom is -0.334 e. The first-order chi connectivity index (χ1) is 5.04. The molecule has 0 N–H and O–H groups in total. The van der Waals surface area contributed by atoms with Crippen molar-refractivity contribution in [2.45, 2.75) is 5.37 Å². The Labute approximate surface area is 70.6 Å². The predicted octanol–water partition coefficient (Wildman–Crippen LogP) is -0.827. The largest absolute Gasteiger partial charge is 0.334 e. The van der Waals surface area contributed by atoms with Crippen molar-refractivity contribution < 1.29 is 9.59 Å². The number of rotatable bonds is 0. The Morgan fingerprint density at radius 1 is 1.45 bits per heavy atom. The zero-order chi connectivity index (χ0) is 8.59. The average Bonchev–Trinajstić information content (AvgIpc) is 1.97. The molecule has 0 aromatic carbocycles. The lowest BCUT2D eigenvalue weighted by Crippen LogP contribution is -2.54. The summed E-state index contributed by atoms with van der Waals surface area (Å²) in [6.07, 6.45) is 0. The minimum absolute atomic E-state index is 0.0768. The second-order valence-corrected chi connectivity index (χ2v) is 3.06. The first-order valence-corrected chi connectivity index (χ1v) is 3.74. The van der Waals surface area contributed by atoms with Crippen LogP contribution in [0.4, 0.5) is 0 Å². The molecule has 11 heavy (non-hydrogen) atoms. The third-order valence-electron chi connectivity index (χ3n) is 1.73. The van der Waals surface area contributed by atoms with Crippen molar-refractivity contribution in [2.75, 3.05) is 20.6 Å². The van der Waals surface area contributed by atoms with E-state index in [2.05, 4.69) is 12.6 Å². The number of hydrogen-bond acceptors (Lipinski definition) is 3. The standard InChI is InChI=1S/C6H10N2O2S/c1-7-3-4(9)8(2)6(11)5(7)10/h6,11H,3H2,1-2H3. The molecule has 0 spiro atoms. The fourth-order valence-corrected chi connectivity index (χ4v) is 1.22. The number of hydrogen-bond donors (Lipinski definition) is 1. The molecule has 0 aromatic heterocycles. The highest BCUT2D eigenvalue weighted by Crippen LogP contribution is 2.11. The SMILES string of the molecule is CN1CC(=O)N(C)C(S)C1=O. The molecule has 1 fully saturated rings. The van der Waals surface area contributed by atoms with E-state index in [0.29, 0.717) is 0 Å². The minimum atomic E-state index is -0.610. The van der Waals surface area contributed by atoms with Gasteiger partial charge in [-0.3, -0.25) is 9.59 Å². The molecule has 1 rings (SSSR count). The molecule has 0 aromatic rings. The Morgan fingerprint density at radius 3 is 2.55 bits per heavy atom. The van der Waals surface area contributed by atoms with E-state index in [1.165, 1.54) is 9.80 Å². The Hall–Kier alpha value is -0.710. The molecule has 1 aliphatic rings. The number of nitrogens with zero attached hydrogens (tertiary/aromatic N) is 2. The monoisotopic (exact) mass is 174 g/mol. The van der Waals surface area contributed by atoms with E-state index < -0.39 is 5.37 Å². The van der Waals surface area contributed by atoms with Crippen molar-refractivity contribution >= 4 is 24.4 Å². The molecular formula is C6H10N2O2S. The van der Waals surface area contributed by atoms with E-state index in [4.69, 9.17) is 0 Å². The number of thiol groups is 1. The van der Waals surface area contributed by atoms with Crippen LogP contribution < -0.4 is 0 Å². The Kier molecular flexibility index (Phi) is 2.08. The molecule has 1 atom stereocenters. The summed E-state index contributed by atoms with van der Waals surface area (Å²) in [5.41, 5.74) is 0. The van der Waals surface area contributed by atoms with Gasteiger partial charge in [0.2, 0.25) is 5.91 Å². The summed E-state index contributed by atoms with van der Waals surface area (Å²) >= 11 is 3.98. The number of piperazine rings is 1. The lowest BCUT2D eigenvalue weighted by atomic mass is 10.3. The molecule has 62 valence electrons. The van der Waals surface area contributed by atoms with Crippen LogP contribution in [0.1, 0.15) is 0 Å². The van der Waals surface area contributed by atoms with Gasteiger partial charge < -0.3 is 9.80 Å². The number of carbonyl (C=O) groups excluding carboxylic acids is 2. The highest BCUT2D eigenvalue weighted by Gasteiger charge is 2.32. The lowest BCUT2D eigenvalue weighted by Gasteiger charge is -2.33. The summed E-state index contributed by atoms with van der Waals surface area (Å²) in [6, 6.07) is 0. The van der Waals surface area contributed by atoms with Gasteiger partial charge in [0, 0.05) is 14.1 Å². The van der Waals surface area contributed by atoms with Gasteiger partial charge in [0.25, 0.3) is 5.91 Å². The maximum absolute atomic E-state index is 11.1. The maximum Gasteiger partial charge on any atom is 0.255 e. The van der Waals surface area contributed by atoms with Crippen molar-refractivity contribution in [3.05, 3.63) is 0 Å². The summed E-state index contributed by atoms with van der Waals surface area (Å²) in [4.78, 5) is 24.9. The van der Waals surface area contributed by atoms with E-state index in [9.17, 15) is 9.59 Å². The van der Waals surface area contributed by atoms with E-state index >= 15 is 0 Å². The fraction of sp³-hybridized carbons (Fsp3) is 0.667. The van der Waals surface area contributed by atoms with Crippen LogP contribution in [-0.2, 0) is 9.59 Å². The fourth-order valence-electron chi connectivity index (χ4n) is 0.892. The van der Waals surface area contributed by atoms with Gasteiger partial charge in [0.05, 0.1) is 6.54 Å². The molecule has 0 aliphatic carbocycles. The van der Waals surface area contributed by atoms with Gasteiger partial charge in [-0.2, -0.15) is 0 Å². The third-order valence-corrected chi connectivity index (χ3v) is 2.30. The highest BCUT2D eigenvalue weighted by atomic mass is 32.1. The van der Waals surface area contributed by atoms with Gasteiger partial charge >= 0.3 is 0 Å². The molecule has 0 saturated carbocycles. The van der Waals surface area contributed by atoms with Crippen molar-refractivity contribution in [2.24, 2.45) is 0 Å². The third kappa shape index (κ3) is 1.33. The van der Waals surface area contributed by atoms with Crippen LogP contribution in [0.3, 0.4) is 0 Å². The van der Waals surface area contributed by atoms with E-state index in [0.717, 1.165) is 0 Å². The molecule has 1 saturated heterocycles. The van der Waals surface area contributed by atoms with Crippen molar-refractivity contribution in [1.29, 1.82) is 0 Å². The Balaban J connectivity index is 2.78. The van der Waals surface area contributed by atoms with Crippen LogP contribution in [0.25, 0.3) is 0 Å². The molecule has 1 aliphatic heterocycles. The average molecular weight is 174 g/mol. The lowest BCUT2D eigenvalue weighted by molar-refractivity contribution is -0.148. The van der Waals surface area contributed by atoms with E-state index in [1.807, 2.05) is 0 Å². The van der Waals surface area contributed by atoms with Gasteiger partial charge in [0.15, 0.2) is 5.37 Å². The first kappa shape index (κ1) is 8.39. The molecule has 5 heteroatoms. The van der Waals surface area contributed by atoms with Crippen LogP contribution in [-0.4, -0.2) is 47.6 Å². The van der Waals surface area contributed by atoms with Crippen LogP contribution >= 0.6 is 12.6 Å². The highest BCUT2D eigenvalue weighted by molar-refractivity contribution is 7.81. The normalized spacial score (nSPS) is 26.3. The maximum atomic E-state index is 11.1. The summed E-state index contributed by atoms with van der Waals surface area (Å²) in [7, 11) is 3.17. The molecule has 4 nitrogen and oxygen atoms in total. The quantitative estimate of drug-likeness (QED) is 0.487. The van der Waals surface area contributed by atoms with Crippen LogP contribution in [0.5, 0.6) is 0 Å². The van der Waals surface area contributed by atoms with Gasteiger partial charge in [0.1, 0.15) is 0 Å². The second-order valence-electron chi connectivity index (χ2n) is 2.57. The molecular weight excluding hydrogens is 164 g/mol. The number of carbonyl (C=O) groups is 2. The zero-order valence-electron chi connectivity index (χ0n) is 6.44. The van der Waals surface area contributed by atoms with Gasteiger partial charge in [-0.1, -0.05) is 0 Å². The number of amides is 2. The summed E-state index contributed by atoms with van der Waals surface area (Å²) < 4.78 is 0. The first-order valence-electron chi connectivity index (χ1n) is 3.22. The van der Waals surface area contributed by atoms with Crippen LogP contribution in [0.2, 0.25) is 0 Å². The topological polar surface area (TPSA) is 40.6 Å². The zero-order valence-corrected chi connectivity index (χ0v) is 7.34. The summed E-state index contributed by atoms with van der Waals surface area (Å²) in [5.74, 6) is -0.206. The van der Waals surface area contributed by atoms with Crippen LogP contribution in [0.15, 0.2) is 0 Å². The van der Waals surface area contributed by atoms with Gasteiger partial charge in [-0.15, -0.1) is 12.6 Å². The Bertz CT molecular complexity index is 207. The van der Waals surface area contributed by atoms with Crippen LogP contribution in [0, 0.1) is 0 Å². The van der Waals surface area contributed by atoms with Gasteiger partial charge in [-0.05, 0) is 0 Å². The van der Waals surface area contributed by atoms with E-state index in [1.54, 1.807) is 14.1 Å². The molecule has 1 unspecified atom stereocenters. The second kappa shape index (κ2) is 2.73. The molecule has 0 bridgehead atoms. The van der Waals surface area contributed by atoms with Crippen molar-refractivity contribution in [3.8, 4) is 0 Å². The summed E-state index contributed by atoms with van der Waals surface area (Å²) in [6.45, 7) is 0.159. The summed E-state index contributed by atoms with van der Waals surface area (Å²) in [5, 5.41) is -0.610. The number of likely N-dealkylation sites (N-methyl/N-ethyl adjacent to an activating group) is 2. The Morgan fingerprint density at radius 2 is 2.00 bits per heavy atom. The van der Waals surface area contributed by atoms with Crippen molar-refractivity contribution in [1.82, 2.24) is 9.80 Å². The predicted molar refractivity (Wildman–Crippen MR) is 43.2 cm³/mol. The van der Waals surface area contributed by atoms with E-state index in [-0.39, 0.29) is 18.4 Å². The van der Waals surface area contributed by atoms with Gasteiger partial charge in [-0.25, -0.2) is 0 Å². The van der Waals surface area contributed by atoms with Crippen molar-refractivity contribution in [3.63, 3.8) is 0 Å². The molecule has 0 radical (unpaired) electrons.